The maximum Gasteiger partial charge on any atom is 0.221 e. The molecule has 6 heteroatoms. The molecule has 0 bridgehead atoms. The number of nitrogens with zero attached hydrogens (tertiary/aromatic N) is 1. The van der Waals surface area contributed by atoms with E-state index < -0.39 is 0 Å². The minimum atomic E-state index is 0.00732. The van der Waals surface area contributed by atoms with E-state index in [4.69, 9.17) is 10.9 Å². The van der Waals surface area contributed by atoms with Crippen molar-refractivity contribution in [1.29, 1.82) is 0 Å². The van der Waals surface area contributed by atoms with E-state index >= 15 is 0 Å². The first-order valence-electron chi connectivity index (χ1n) is 5.65. The van der Waals surface area contributed by atoms with Crippen molar-refractivity contribution in [3.63, 3.8) is 0 Å². The third kappa shape index (κ3) is 4.42. The minimum absolute atomic E-state index is 0.00732. The molecule has 0 heterocycles. The maximum atomic E-state index is 11.0. The largest absolute Gasteiger partial charge is 0.409 e. The highest BCUT2D eigenvalue weighted by molar-refractivity contribution is 5.97. The topological polar surface area (TPSA) is 99.7 Å². The van der Waals surface area contributed by atoms with Crippen molar-refractivity contribution in [1.82, 2.24) is 10.6 Å². The lowest BCUT2D eigenvalue weighted by molar-refractivity contribution is -0.120. The molecule has 0 unspecified atom stereocenters. The number of rotatable bonds is 6. The highest BCUT2D eigenvalue weighted by atomic mass is 16.4. The van der Waals surface area contributed by atoms with E-state index in [0.717, 1.165) is 5.56 Å². The fourth-order valence-corrected chi connectivity index (χ4v) is 1.46. The average molecular weight is 250 g/mol. The molecule has 1 amide bonds. The van der Waals surface area contributed by atoms with Crippen LogP contribution in [0.4, 0.5) is 0 Å². The highest BCUT2D eigenvalue weighted by Gasteiger charge is 2.01. The van der Waals surface area contributed by atoms with Crippen LogP contribution in [0.5, 0.6) is 0 Å². The van der Waals surface area contributed by atoms with Gasteiger partial charge in [0.15, 0.2) is 5.84 Å². The number of nitrogens with one attached hydrogen (secondary N) is 2. The molecule has 5 N–H and O–H groups in total. The number of carbonyl (C=O) groups excluding carboxylic acids is 1. The molecular formula is C12H18N4O2. The van der Waals surface area contributed by atoms with Crippen LogP contribution in [-0.4, -0.2) is 30.5 Å². The van der Waals surface area contributed by atoms with Gasteiger partial charge in [0.05, 0.1) is 0 Å². The summed E-state index contributed by atoms with van der Waals surface area (Å²) >= 11 is 0. The van der Waals surface area contributed by atoms with Crippen molar-refractivity contribution < 1.29 is 10.0 Å². The third-order valence-corrected chi connectivity index (χ3v) is 2.47. The molecule has 98 valence electrons. The predicted molar refractivity (Wildman–Crippen MR) is 69.3 cm³/mol. The maximum absolute atomic E-state index is 11.0. The molecule has 0 atom stereocenters. The van der Waals surface area contributed by atoms with Gasteiger partial charge in [0.25, 0.3) is 0 Å². The Kier molecular flexibility index (Phi) is 5.66. The van der Waals surface area contributed by atoms with Gasteiger partial charge >= 0.3 is 0 Å². The predicted octanol–water partition coefficient (Wildman–Crippen LogP) is 0.00680. The lowest BCUT2D eigenvalue weighted by Gasteiger charge is -2.06. The number of amides is 1. The van der Waals surface area contributed by atoms with Crippen molar-refractivity contribution >= 4 is 11.7 Å². The van der Waals surface area contributed by atoms with Gasteiger partial charge in [-0.1, -0.05) is 23.4 Å². The Morgan fingerprint density at radius 1 is 1.50 bits per heavy atom. The number of benzene rings is 1. The Morgan fingerprint density at radius 2 is 2.28 bits per heavy atom. The van der Waals surface area contributed by atoms with E-state index in [1.807, 2.05) is 18.2 Å². The molecule has 0 fully saturated rings. The smallest absolute Gasteiger partial charge is 0.221 e. The van der Waals surface area contributed by atoms with Gasteiger partial charge in [-0.05, 0) is 11.6 Å². The van der Waals surface area contributed by atoms with Crippen LogP contribution >= 0.6 is 0 Å². The standard InChI is InChI=1S/C12H18N4O2/c1-14-11(17)5-6-15-8-9-3-2-4-10(7-9)12(13)16-18/h2-4,7,15,18H,5-6,8H2,1H3,(H2,13,16)(H,14,17). The summed E-state index contributed by atoms with van der Waals surface area (Å²) in [5.41, 5.74) is 7.18. The SMILES string of the molecule is CNC(=O)CCNCc1cccc(C(N)=NO)c1. The van der Waals surface area contributed by atoms with E-state index in [-0.39, 0.29) is 11.7 Å². The van der Waals surface area contributed by atoms with Crippen molar-refractivity contribution in [3.05, 3.63) is 35.4 Å². The lowest BCUT2D eigenvalue weighted by Crippen LogP contribution is -2.24. The van der Waals surface area contributed by atoms with Crippen molar-refractivity contribution in [3.8, 4) is 0 Å². The van der Waals surface area contributed by atoms with Gasteiger partial charge in [-0.2, -0.15) is 0 Å². The van der Waals surface area contributed by atoms with Gasteiger partial charge < -0.3 is 21.6 Å². The molecule has 1 rings (SSSR count). The Labute approximate surface area is 106 Å². The molecule has 0 radical (unpaired) electrons. The summed E-state index contributed by atoms with van der Waals surface area (Å²) in [6.45, 7) is 1.23. The van der Waals surface area contributed by atoms with E-state index in [2.05, 4.69) is 15.8 Å². The second-order valence-electron chi connectivity index (χ2n) is 3.79. The molecule has 18 heavy (non-hydrogen) atoms. The van der Waals surface area contributed by atoms with Gasteiger partial charge in [-0.15, -0.1) is 0 Å². The molecule has 0 saturated heterocycles. The Morgan fingerprint density at radius 3 is 2.94 bits per heavy atom. The molecule has 0 aliphatic carbocycles. The second kappa shape index (κ2) is 7.29. The van der Waals surface area contributed by atoms with Crippen LogP contribution < -0.4 is 16.4 Å². The van der Waals surface area contributed by atoms with Gasteiger partial charge in [0.1, 0.15) is 0 Å². The van der Waals surface area contributed by atoms with Crippen LogP contribution in [0.25, 0.3) is 0 Å². The number of hydrogen-bond acceptors (Lipinski definition) is 4. The number of nitrogens with two attached hydrogens (primary N) is 1. The van der Waals surface area contributed by atoms with Crippen molar-refractivity contribution in [2.24, 2.45) is 10.9 Å². The van der Waals surface area contributed by atoms with Crippen LogP contribution in [0.1, 0.15) is 17.5 Å². The van der Waals surface area contributed by atoms with Gasteiger partial charge in [-0.3, -0.25) is 4.79 Å². The molecule has 0 saturated carbocycles. The summed E-state index contributed by atoms with van der Waals surface area (Å²) in [7, 11) is 1.61. The monoisotopic (exact) mass is 250 g/mol. The van der Waals surface area contributed by atoms with E-state index in [9.17, 15) is 4.79 Å². The summed E-state index contributed by atoms with van der Waals surface area (Å²) in [5.74, 6) is 0.0927. The molecular weight excluding hydrogens is 232 g/mol. The number of hydrogen-bond donors (Lipinski definition) is 4. The van der Waals surface area contributed by atoms with Crippen LogP contribution in [0.15, 0.2) is 29.4 Å². The molecule has 1 aromatic rings. The van der Waals surface area contributed by atoms with Gasteiger partial charge in [0, 0.05) is 32.1 Å². The second-order valence-corrected chi connectivity index (χ2v) is 3.79. The van der Waals surface area contributed by atoms with Crippen molar-refractivity contribution in [2.45, 2.75) is 13.0 Å². The van der Waals surface area contributed by atoms with E-state index in [0.29, 0.717) is 25.1 Å². The number of amidine groups is 1. The summed E-state index contributed by atoms with van der Waals surface area (Å²) in [4.78, 5) is 11.0. The molecule has 0 aromatic heterocycles. The number of carbonyl (C=O) groups is 1. The normalized spacial score (nSPS) is 11.3. The minimum Gasteiger partial charge on any atom is -0.409 e. The Bertz CT molecular complexity index is 432. The zero-order valence-corrected chi connectivity index (χ0v) is 10.3. The van der Waals surface area contributed by atoms with Crippen LogP contribution in [-0.2, 0) is 11.3 Å². The number of oxime groups is 1. The molecule has 1 aromatic carbocycles. The van der Waals surface area contributed by atoms with Gasteiger partial charge in [-0.25, -0.2) is 0 Å². The van der Waals surface area contributed by atoms with Crippen molar-refractivity contribution in [2.75, 3.05) is 13.6 Å². The molecule has 0 spiro atoms. The Hall–Kier alpha value is -2.08. The quantitative estimate of drug-likeness (QED) is 0.188. The van der Waals surface area contributed by atoms with Crippen LogP contribution in [0.3, 0.4) is 0 Å². The van der Waals surface area contributed by atoms with E-state index in [1.165, 1.54) is 0 Å². The first-order valence-corrected chi connectivity index (χ1v) is 5.65. The summed E-state index contributed by atoms with van der Waals surface area (Å²) in [6, 6.07) is 7.37. The fourth-order valence-electron chi connectivity index (χ4n) is 1.46. The fraction of sp³-hybridized carbons (Fsp3) is 0.333. The third-order valence-electron chi connectivity index (χ3n) is 2.47. The first kappa shape index (κ1) is 14.0. The van der Waals surface area contributed by atoms with Crippen LogP contribution in [0.2, 0.25) is 0 Å². The average Bonchev–Trinajstić information content (AvgIpc) is 2.42. The van der Waals surface area contributed by atoms with Crippen LogP contribution in [0, 0.1) is 0 Å². The molecule has 6 nitrogen and oxygen atoms in total. The van der Waals surface area contributed by atoms with Gasteiger partial charge in [0.2, 0.25) is 5.91 Å². The first-order chi connectivity index (χ1) is 8.67. The lowest BCUT2D eigenvalue weighted by atomic mass is 10.1. The molecule has 0 aliphatic heterocycles. The Balaban J connectivity index is 2.45. The summed E-state index contributed by atoms with van der Waals surface area (Å²) < 4.78 is 0. The molecule has 0 aliphatic rings. The zero-order chi connectivity index (χ0) is 13.4. The zero-order valence-electron chi connectivity index (χ0n) is 10.3. The summed E-state index contributed by atoms with van der Waals surface area (Å²) in [5, 5.41) is 17.2. The summed E-state index contributed by atoms with van der Waals surface area (Å²) in [6.07, 6.45) is 0.441. The highest BCUT2D eigenvalue weighted by Crippen LogP contribution is 2.04. The van der Waals surface area contributed by atoms with E-state index in [1.54, 1.807) is 13.1 Å².